The fourth-order valence-electron chi connectivity index (χ4n) is 4.59. The van der Waals surface area contributed by atoms with E-state index in [1.807, 2.05) is 42.5 Å². The summed E-state index contributed by atoms with van der Waals surface area (Å²) in [5, 5.41) is 3.14. The van der Waals surface area contributed by atoms with Crippen LogP contribution in [-0.4, -0.2) is 38.9 Å². The average molecular weight is 461 g/mol. The molecule has 170 valence electrons. The number of imidazole rings is 1. The van der Waals surface area contributed by atoms with E-state index in [1.165, 1.54) is 19.4 Å². The van der Waals surface area contributed by atoms with E-state index in [9.17, 15) is 9.59 Å². The lowest BCUT2D eigenvalue weighted by molar-refractivity contribution is 0.0594. The number of amides is 1. The molecule has 1 unspecified atom stereocenters. The highest BCUT2D eigenvalue weighted by Gasteiger charge is 2.32. The fraction of sp³-hybridized carbons (Fsp3) is 0.0741. The molecule has 3 heterocycles. The Kier molecular flexibility index (Phi) is 4.84. The van der Waals surface area contributed by atoms with Crippen molar-refractivity contribution in [3.8, 4) is 22.5 Å². The minimum Gasteiger partial charge on any atom is -0.464 e. The van der Waals surface area contributed by atoms with Crippen molar-refractivity contribution in [1.29, 1.82) is 0 Å². The van der Waals surface area contributed by atoms with Crippen molar-refractivity contribution in [3.63, 3.8) is 0 Å². The number of nitrogens with one attached hydrogen (secondary N) is 2. The maximum atomic E-state index is 13.2. The molecule has 1 atom stereocenters. The number of H-pyrrole nitrogens is 1. The van der Waals surface area contributed by atoms with E-state index in [4.69, 9.17) is 9.72 Å². The zero-order valence-electron chi connectivity index (χ0n) is 18.6. The van der Waals surface area contributed by atoms with Crippen LogP contribution >= 0.6 is 0 Å². The first-order valence-corrected chi connectivity index (χ1v) is 11.0. The molecular weight excluding hydrogens is 442 g/mol. The first kappa shape index (κ1) is 20.7. The van der Waals surface area contributed by atoms with Gasteiger partial charge in [0.15, 0.2) is 0 Å². The molecule has 1 amide bonds. The monoisotopic (exact) mass is 461 g/mol. The highest BCUT2D eigenvalue weighted by Crippen LogP contribution is 2.47. The molecule has 0 bridgehead atoms. The van der Waals surface area contributed by atoms with Crippen molar-refractivity contribution >= 4 is 22.9 Å². The molecule has 8 nitrogen and oxygen atoms in total. The van der Waals surface area contributed by atoms with Crippen LogP contribution in [-0.2, 0) is 4.74 Å². The van der Waals surface area contributed by atoms with Crippen LogP contribution in [0.1, 0.15) is 38.0 Å². The molecule has 0 spiro atoms. The Labute approximate surface area is 200 Å². The average Bonchev–Trinajstić information content (AvgIpc) is 3.48. The van der Waals surface area contributed by atoms with Crippen LogP contribution in [0.2, 0.25) is 0 Å². The minimum atomic E-state index is -0.595. The summed E-state index contributed by atoms with van der Waals surface area (Å²) in [7, 11) is 1.28. The number of carbonyl (C=O) groups excluding carboxylic acids is 2. The Hall–Kier alpha value is -4.85. The van der Waals surface area contributed by atoms with Crippen LogP contribution < -0.4 is 5.32 Å². The maximum absolute atomic E-state index is 13.2. The van der Waals surface area contributed by atoms with Crippen LogP contribution in [0.3, 0.4) is 0 Å². The molecule has 1 aliphatic carbocycles. The number of nitrogens with zero attached hydrogens (tertiary/aromatic N) is 3. The van der Waals surface area contributed by atoms with Crippen molar-refractivity contribution in [2.75, 3.05) is 7.11 Å². The third-order valence-electron chi connectivity index (χ3n) is 6.18. The molecule has 0 radical (unpaired) electrons. The molecule has 0 fully saturated rings. The predicted octanol–water partition coefficient (Wildman–Crippen LogP) is 4.31. The summed E-state index contributed by atoms with van der Waals surface area (Å²) >= 11 is 0. The number of ether oxygens (including phenoxy) is 1. The number of rotatable bonds is 4. The normalized spacial score (nSPS) is 13.8. The number of pyridine rings is 2. The van der Waals surface area contributed by atoms with Crippen LogP contribution in [0.5, 0.6) is 0 Å². The molecule has 2 aromatic carbocycles. The van der Waals surface area contributed by atoms with Gasteiger partial charge in [0.05, 0.1) is 30.4 Å². The number of hydrogen-bond acceptors (Lipinski definition) is 6. The van der Waals surface area contributed by atoms with Crippen LogP contribution in [0.15, 0.2) is 79.3 Å². The first-order chi connectivity index (χ1) is 17.1. The number of fused-ring (bicyclic) bond motifs is 4. The second kappa shape index (κ2) is 8.18. The zero-order valence-corrected chi connectivity index (χ0v) is 18.6. The molecular formula is C27H19N5O3. The molecule has 35 heavy (non-hydrogen) atoms. The van der Waals surface area contributed by atoms with E-state index in [0.717, 1.165) is 44.7 Å². The third kappa shape index (κ3) is 3.43. The highest BCUT2D eigenvalue weighted by molar-refractivity contribution is 5.99. The number of aromatic nitrogens is 4. The maximum Gasteiger partial charge on any atom is 0.356 e. The van der Waals surface area contributed by atoms with E-state index in [2.05, 4.69) is 26.3 Å². The Morgan fingerprint density at radius 2 is 1.80 bits per heavy atom. The second-order valence-corrected chi connectivity index (χ2v) is 8.16. The van der Waals surface area contributed by atoms with Gasteiger partial charge in [0.1, 0.15) is 11.5 Å². The lowest BCUT2D eigenvalue weighted by Crippen LogP contribution is -2.28. The summed E-state index contributed by atoms with van der Waals surface area (Å²) in [4.78, 5) is 41.4. The number of esters is 1. The van der Waals surface area contributed by atoms with Crippen molar-refractivity contribution in [2.45, 2.75) is 6.04 Å². The summed E-state index contributed by atoms with van der Waals surface area (Å²) < 4.78 is 4.73. The summed E-state index contributed by atoms with van der Waals surface area (Å²) in [6.45, 7) is 0. The Morgan fingerprint density at radius 1 is 0.971 bits per heavy atom. The van der Waals surface area contributed by atoms with E-state index in [0.29, 0.717) is 5.56 Å². The second-order valence-electron chi connectivity index (χ2n) is 8.16. The van der Waals surface area contributed by atoms with Gasteiger partial charge in [-0.15, -0.1) is 0 Å². The molecule has 6 rings (SSSR count). The van der Waals surface area contributed by atoms with Gasteiger partial charge in [0.25, 0.3) is 5.91 Å². The van der Waals surface area contributed by atoms with E-state index in [1.54, 1.807) is 18.5 Å². The Bertz CT molecular complexity index is 1590. The van der Waals surface area contributed by atoms with Gasteiger partial charge in [-0.05, 0) is 40.5 Å². The molecule has 3 aromatic heterocycles. The lowest BCUT2D eigenvalue weighted by Gasteiger charge is -2.16. The Balaban J connectivity index is 1.43. The smallest absolute Gasteiger partial charge is 0.356 e. The fourth-order valence-corrected chi connectivity index (χ4v) is 4.59. The zero-order chi connectivity index (χ0) is 23.9. The summed E-state index contributed by atoms with van der Waals surface area (Å²) in [5.41, 5.74) is 7.05. The molecule has 8 heteroatoms. The number of aromatic amines is 1. The molecule has 2 N–H and O–H groups in total. The van der Waals surface area contributed by atoms with Crippen LogP contribution in [0, 0.1) is 0 Å². The van der Waals surface area contributed by atoms with Gasteiger partial charge in [-0.25, -0.2) is 14.8 Å². The molecule has 0 aliphatic heterocycles. The first-order valence-electron chi connectivity index (χ1n) is 11.0. The molecule has 1 aliphatic rings. The number of carbonyl (C=O) groups is 2. The third-order valence-corrected chi connectivity index (χ3v) is 6.18. The number of hydrogen-bond donors (Lipinski definition) is 2. The quantitative estimate of drug-likeness (QED) is 0.386. The van der Waals surface area contributed by atoms with Crippen molar-refractivity contribution in [3.05, 3.63) is 102 Å². The summed E-state index contributed by atoms with van der Waals surface area (Å²) in [5.74, 6) is -0.171. The van der Waals surface area contributed by atoms with E-state index in [-0.39, 0.29) is 17.6 Å². The molecule has 0 saturated heterocycles. The topological polar surface area (TPSA) is 110 Å². The standard InChI is InChI=1S/C27H19N5O3/c1-35-27(34)21-13-15(9-12-29-21)26(33)32-24-17-6-3-2-5-16(17)23-18(24)7-4-8-19(23)25-30-20-10-11-28-14-22(20)31-25/h2-14,24H,1H3,(H,30,31)(H,32,33). The van der Waals surface area contributed by atoms with Gasteiger partial charge >= 0.3 is 5.97 Å². The van der Waals surface area contributed by atoms with Gasteiger partial charge in [-0.3, -0.25) is 9.78 Å². The SMILES string of the molecule is COC(=O)c1cc(C(=O)NC2c3ccccc3-c3c(-c4nc5ccncc5[nH]4)cccc32)ccn1. The molecule has 0 saturated carbocycles. The van der Waals surface area contributed by atoms with E-state index < -0.39 is 5.97 Å². The van der Waals surface area contributed by atoms with Crippen LogP contribution in [0.4, 0.5) is 0 Å². The largest absolute Gasteiger partial charge is 0.464 e. The summed E-state index contributed by atoms with van der Waals surface area (Å²) in [6.07, 6.45) is 4.89. The van der Waals surface area contributed by atoms with Gasteiger partial charge in [-0.2, -0.15) is 0 Å². The van der Waals surface area contributed by atoms with Crippen molar-refractivity contribution < 1.29 is 14.3 Å². The van der Waals surface area contributed by atoms with Gasteiger partial charge < -0.3 is 15.0 Å². The van der Waals surface area contributed by atoms with Gasteiger partial charge in [0.2, 0.25) is 0 Å². The predicted molar refractivity (Wildman–Crippen MR) is 130 cm³/mol. The highest BCUT2D eigenvalue weighted by atomic mass is 16.5. The van der Waals surface area contributed by atoms with Crippen LogP contribution in [0.25, 0.3) is 33.5 Å². The minimum absolute atomic E-state index is 0.0778. The molecule has 5 aromatic rings. The lowest BCUT2D eigenvalue weighted by atomic mass is 9.98. The number of benzene rings is 2. The summed E-state index contributed by atoms with van der Waals surface area (Å²) in [6, 6.07) is 18.5. The van der Waals surface area contributed by atoms with Gasteiger partial charge in [0, 0.05) is 23.5 Å². The number of methoxy groups -OCH3 is 1. The van der Waals surface area contributed by atoms with Crippen molar-refractivity contribution in [2.24, 2.45) is 0 Å². The van der Waals surface area contributed by atoms with E-state index >= 15 is 0 Å². The Morgan fingerprint density at radius 3 is 2.66 bits per heavy atom. The van der Waals surface area contributed by atoms with Gasteiger partial charge in [-0.1, -0.05) is 42.5 Å². The van der Waals surface area contributed by atoms with Crippen molar-refractivity contribution in [1.82, 2.24) is 25.3 Å².